The summed E-state index contributed by atoms with van der Waals surface area (Å²) >= 11 is 1.67. The first-order valence-corrected chi connectivity index (χ1v) is 7.46. The summed E-state index contributed by atoms with van der Waals surface area (Å²) in [6.45, 7) is 3.47. The van der Waals surface area contributed by atoms with Gasteiger partial charge in [-0.1, -0.05) is 6.07 Å². The maximum atomic E-state index is 5.87. The molecule has 1 N–H and O–H groups in total. The average molecular weight is 292 g/mol. The van der Waals surface area contributed by atoms with Crippen molar-refractivity contribution < 1.29 is 9.47 Å². The van der Waals surface area contributed by atoms with Crippen molar-refractivity contribution in [2.24, 2.45) is 0 Å². The van der Waals surface area contributed by atoms with Crippen molar-refractivity contribution in [2.75, 3.05) is 20.8 Å². The first-order chi connectivity index (χ1) is 9.74. The highest BCUT2D eigenvalue weighted by Crippen LogP contribution is 2.28. The molecule has 0 fully saturated rings. The van der Waals surface area contributed by atoms with Crippen LogP contribution in [0.15, 0.2) is 23.7 Å². The molecule has 0 aliphatic rings. The number of rotatable bonds is 7. The summed E-state index contributed by atoms with van der Waals surface area (Å²) < 4.78 is 11.2. The molecule has 0 radical (unpaired) electrons. The van der Waals surface area contributed by atoms with Crippen LogP contribution in [0.25, 0.3) is 0 Å². The number of thiazole rings is 1. The highest BCUT2D eigenvalue weighted by Gasteiger charge is 2.07. The van der Waals surface area contributed by atoms with Crippen LogP contribution in [0.1, 0.15) is 16.1 Å². The van der Waals surface area contributed by atoms with E-state index in [4.69, 9.17) is 9.47 Å². The first-order valence-electron chi connectivity index (χ1n) is 6.58. The highest BCUT2D eigenvalue weighted by atomic mass is 32.1. The van der Waals surface area contributed by atoms with E-state index in [0.29, 0.717) is 6.61 Å². The number of hydrogen-bond acceptors (Lipinski definition) is 5. The molecule has 20 heavy (non-hydrogen) atoms. The molecule has 0 atom stereocenters. The van der Waals surface area contributed by atoms with Gasteiger partial charge in [0.1, 0.15) is 0 Å². The molecule has 1 aromatic heterocycles. The lowest BCUT2D eigenvalue weighted by Crippen LogP contribution is -2.07. The third kappa shape index (κ3) is 3.71. The fraction of sp³-hybridized carbons (Fsp3) is 0.400. The smallest absolute Gasteiger partial charge is 0.161 e. The summed E-state index contributed by atoms with van der Waals surface area (Å²) in [5, 5.41) is 3.13. The molecule has 0 aliphatic heterocycles. The fourth-order valence-corrected chi connectivity index (χ4v) is 2.73. The monoisotopic (exact) mass is 292 g/mol. The molecule has 4 nitrogen and oxygen atoms in total. The third-order valence-corrected chi connectivity index (χ3v) is 4.04. The van der Waals surface area contributed by atoms with Gasteiger partial charge in [-0.15, -0.1) is 11.3 Å². The van der Waals surface area contributed by atoms with Crippen LogP contribution in [0.2, 0.25) is 0 Å². The number of aryl methyl sites for hydroxylation is 1. The van der Waals surface area contributed by atoms with E-state index in [1.54, 1.807) is 18.4 Å². The van der Waals surface area contributed by atoms with Crippen molar-refractivity contribution in [3.05, 3.63) is 39.8 Å². The molecular weight excluding hydrogens is 272 g/mol. The van der Waals surface area contributed by atoms with E-state index < -0.39 is 0 Å². The molecule has 2 aromatic rings. The summed E-state index contributed by atoms with van der Waals surface area (Å²) in [6, 6.07) is 6.00. The van der Waals surface area contributed by atoms with Gasteiger partial charge in [-0.05, 0) is 31.7 Å². The third-order valence-electron chi connectivity index (χ3n) is 3.04. The van der Waals surface area contributed by atoms with Gasteiger partial charge in [0.2, 0.25) is 0 Å². The number of aromatic nitrogens is 1. The second kappa shape index (κ2) is 7.26. The van der Waals surface area contributed by atoms with Crippen molar-refractivity contribution in [2.45, 2.75) is 19.9 Å². The largest absolute Gasteiger partial charge is 0.493 e. The number of benzene rings is 1. The molecule has 2 rings (SSSR count). The topological polar surface area (TPSA) is 43.4 Å². The maximum absolute atomic E-state index is 5.87. The van der Waals surface area contributed by atoms with Crippen LogP contribution >= 0.6 is 11.3 Å². The van der Waals surface area contributed by atoms with E-state index in [-0.39, 0.29) is 0 Å². The van der Waals surface area contributed by atoms with Crippen molar-refractivity contribution in [3.8, 4) is 11.5 Å². The molecular formula is C15H20N2O2S. The van der Waals surface area contributed by atoms with Crippen LogP contribution in [-0.2, 0) is 13.0 Å². The molecule has 0 spiro atoms. The van der Waals surface area contributed by atoms with E-state index in [1.165, 1.54) is 10.4 Å². The standard InChI is InChI=1S/C15H20N2O2S/c1-11-15(20-10-17-11)6-7-19-14-8-12(9-16-2)4-5-13(14)18-3/h4-5,8,10,16H,6-7,9H2,1-3H3. The molecule has 1 aromatic carbocycles. The molecule has 0 bridgehead atoms. The summed E-state index contributed by atoms with van der Waals surface area (Å²) in [6.07, 6.45) is 0.871. The van der Waals surface area contributed by atoms with Gasteiger partial charge >= 0.3 is 0 Å². The second-order valence-corrected chi connectivity index (χ2v) is 5.41. The molecule has 0 saturated carbocycles. The van der Waals surface area contributed by atoms with Gasteiger partial charge in [0.05, 0.1) is 24.9 Å². The normalized spacial score (nSPS) is 10.6. The van der Waals surface area contributed by atoms with E-state index in [1.807, 2.05) is 37.7 Å². The second-order valence-electron chi connectivity index (χ2n) is 4.47. The fourth-order valence-electron chi connectivity index (χ4n) is 1.97. The van der Waals surface area contributed by atoms with Crippen molar-refractivity contribution >= 4 is 11.3 Å². The van der Waals surface area contributed by atoms with Gasteiger partial charge in [-0.25, -0.2) is 4.98 Å². The Morgan fingerprint density at radius 3 is 2.80 bits per heavy atom. The molecule has 108 valence electrons. The summed E-state index contributed by atoms with van der Waals surface area (Å²) in [4.78, 5) is 5.52. The Morgan fingerprint density at radius 2 is 2.15 bits per heavy atom. The minimum Gasteiger partial charge on any atom is -0.493 e. The lowest BCUT2D eigenvalue weighted by Gasteiger charge is -2.12. The first kappa shape index (κ1) is 14.8. The van der Waals surface area contributed by atoms with E-state index in [0.717, 1.165) is 30.2 Å². The Kier molecular flexibility index (Phi) is 5.38. The zero-order valence-electron chi connectivity index (χ0n) is 12.1. The Balaban J connectivity index is 2.00. The quantitative estimate of drug-likeness (QED) is 0.852. The van der Waals surface area contributed by atoms with Gasteiger partial charge in [-0.3, -0.25) is 0 Å². The Labute approximate surface area is 123 Å². The Morgan fingerprint density at radius 1 is 1.30 bits per heavy atom. The van der Waals surface area contributed by atoms with Crippen molar-refractivity contribution in [1.82, 2.24) is 10.3 Å². The van der Waals surface area contributed by atoms with Crippen LogP contribution < -0.4 is 14.8 Å². The number of methoxy groups -OCH3 is 1. The Hall–Kier alpha value is -1.59. The van der Waals surface area contributed by atoms with Gasteiger partial charge in [0.15, 0.2) is 11.5 Å². The minimum absolute atomic E-state index is 0.627. The lowest BCUT2D eigenvalue weighted by atomic mass is 10.2. The summed E-state index contributed by atoms with van der Waals surface area (Å²) in [5.74, 6) is 1.56. The van der Waals surface area contributed by atoms with Crippen LogP contribution in [0.3, 0.4) is 0 Å². The van der Waals surface area contributed by atoms with E-state index in [9.17, 15) is 0 Å². The SMILES string of the molecule is CNCc1ccc(OC)c(OCCc2scnc2C)c1. The van der Waals surface area contributed by atoms with Gasteiger partial charge in [0, 0.05) is 17.8 Å². The average Bonchev–Trinajstić information content (AvgIpc) is 2.85. The molecule has 5 heteroatoms. The van der Waals surface area contributed by atoms with Crippen LogP contribution in [0.4, 0.5) is 0 Å². The molecule has 1 heterocycles. The summed E-state index contributed by atoms with van der Waals surface area (Å²) in [7, 11) is 3.59. The Bertz CT molecular complexity index is 555. The molecule has 0 amide bonds. The van der Waals surface area contributed by atoms with E-state index >= 15 is 0 Å². The van der Waals surface area contributed by atoms with Gasteiger partial charge in [-0.2, -0.15) is 0 Å². The van der Waals surface area contributed by atoms with Gasteiger partial charge < -0.3 is 14.8 Å². The zero-order chi connectivity index (χ0) is 14.4. The van der Waals surface area contributed by atoms with Crippen LogP contribution in [0, 0.1) is 6.92 Å². The molecule has 0 saturated heterocycles. The van der Waals surface area contributed by atoms with Crippen molar-refractivity contribution in [3.63, 3.8) is 0 Å². The van der Waals surface area contributed by atoms with Crippen LogP contribution in [0.5, 0.6) is 11.5 Å². The maximum Gasteiger partial charge on any atom is 0.161 e. The predicted octanol–water partition coefficient (Wildman–Crippen LogP) is 2.80. The predicted molar refractivity (Wildman–Crippen MR) is 81.8 cm³/mol. The molecule has 0 unspecified atom stereocenters. The van der Waals surface area contributed by atoms with Crippen LogP contribution in [-0.4, -0.2) is 25.7 Å². The van der Waals surface area contributed by atoms with Gasteiger partial charge in [0.25, 0.3) is 0 Å². The number of ether oxygens (including phenoxy) is 2. The van der Waals surface area contributed by atoms with E-state index in [2.05, 4.69) is 10.3 Å². The molecule has 0 aliphatic carbocycles. The lowest BCUT2D eigenvalue weighted by molar-refractivity contribution is 0.298. The number of hydrogen-bond donors (Lipinski definition) is 1. The van der Waals surface area contributed by atoms with Crippen molar-refractivity contribution in [1.29, 1.82) is 0 Å². The zero-order valence-corrected chi connectivity index (χ0v) is 12.9. The number of nitrogens with zero attached hydrogens (tertiary/aromatic N) is 1. The minimum atomic E-state index is 0.627. The summed E-state index contributed by atoms with van der Waals surface area (Å²) in [5.41, 5.74) is 4.14. The number of nitrogens with one attached hydrogen (secondary N) is 1. The highest BCUT2D eigenvalue weighted by molar-refractivity contribution is 7.09.